The summed E-state index contributed by atoms with van der Waals surface area (Å²) in [6, 6.07) is 0. The van der Waals surface area contributed by atoms with Gasteiger partial charge in [-0.05, 0) is 12.8 Å². The number of hydrogen-bond acceptors (Lipinski definition) is 2. The van der Waals surface area contributed by atoms with Crippen LogP contribution >= 0.6 is 0 Å². The van der Waals surface area contributed by atoms with Crippen molar-refractivity contribution >= 4 is 11.9 Å². The maximum atomic E-state index is 10.5. The zero-order valence-electron chi connectivity index (χ0n) is 34.5. The highest BCUT2D eigenvalue weighted by Crippen LogP contribution is 2.18. The fourth-order valence-corrected chi connectivity index (χ4v) is 7.80. The highest BCUT2D eigenvalue weighted by molar-refractivity contribution is 5.66. The summed E-state index contributed by atoms with van der Waals surface area (Å²) in [5.74, 6) is -1.30. The van der Waals surface area contributed by atoms with Crippen LogP contribution in [0, 0.1) is 0 Å². The molecule has 0 spiro atoms. The lowest BCUT2D eigenvalue weighted by atomic mass is 10.0. The number of aliphatic carboxylic acids is 2. The first kappa shape index (κ1) is 49.9. The van der Waals surface area contributed by atoms with Gasteiger partial charge in [0.2, 0.25) is 0 Å². The highest BCUT2D eigenvalue weighted by atomic mass is 16.4. The molecule has 4 nitrogen and oxygen atoms in total. The van der Waals surface area contributed by atoms with Gasteiger partial charge in [-0.3, -0.25) is 9.59 Å². The Bertz CT molecular complexity index is 621. The molecule has 0 saturated carbocycles. The van der Waals surface area contributed by atoms with Gasteiger partial charge in [0.1, 0.15) is 0 Å². The molecule has 0 heterocycles. The maximum Gasteiger partial charge on any atom is 0.303 e. The van der Waals surface area contributed by atoms with Crippen molar-refractivity contribution in [1.82, 2.24) is 0 Å². The van der Waals surface area contributed by atoms with E-state index in [2.05, 4.69) is 0 Å². The largest absolute Gasteiger partial charge is 0.481 e. The molecule has 51 heavy (non-hydrogen) atoms. The molecule has 0 bridgehead atoms. The second kappa shape index (κ2) is 45.1. The lowest BCUT2D eigenvalue weighted by Crippen LogP contribution is -1.93. The van der Waals surface area contributed by atoms with E-state index in [1.54, 1.807) is 0 Å². The topological polar surface area (TPSA) is 74.6 Å². The second-order valence-electron chi connectivity index (χ2n) is 16.5. The van der Waals surface area contributed by atoms with Crippen molar-refractivity contribution in [2.45, 2.75) is 289 Å². The Balaban J connectivity index is 3.06. The minimum absolute atomic E-state index is 0.343. The predicted molar refractivity (Wildman–Crippen MR) is 223 cm³/mol. The fraction of sp³-hybridized carbons (Fsp3) is 0.957. The summed E-state index contributed by atoms with van der Waals surface area (Å²) in [6.07, 6.45) is 59.8. The minimum atomic E-state index is -0.650. The van der Waals surface area contributed by atoms with E-state index < -0.39 is 11.9 Å². The summed E-state index contributed by atoms with van der Waals surface area (Å²) in [6.45, 7) is 0. The summed E-state index contributed by atoms with van der Waals surface area (Å²) in [5.41, 5.74) is 0. The third kappa shape index (κ3) is 48.9. The Hall–Kier alpha value is -1.06. The normalized spacial score (nSPS) is 11.5. The minimum Gasteiger partial charge on any atom is -0.481 e. The average molecular weight is 721 g/mol. The number of unbranched alkanes of at least 4 members (excludes halogenated alkanes) is 42. The Morgan fingerprint density at radius 1 is 0.176 bits per heavy atom. The molecule has 0 aromatic rings. The van der Waals surface area contributed by atoms with Gasteiger partial charge < -0.3 is 10.2 Å². The molecular weight excluding hydrogens is 629 g/mol. The second-order valence-corrected chi connectivity index (χ2v) is 16.5. The van der Waals surface area contributed by atoms with Crippen LogP contribution in [0.4, 0.5) is 0 Å². The summed E-state index contributed by atoms with van der Waals surface area (Å²) in [4.78, 5) is 21.0. The number of hydrogen-bond donors (Lipinski definition) is 2. The van der Waals surface area contributed by atoms with Crippen LogP contribution in [0.3, 0.4) is 0 Å². The molecule has 0 aliphatic heterocycles. The molecule has 0 aromatic carbocycles. The lowest BCUT2D eigenvalue weighted by Gasteiger charge is -2.05. The van der Waals surface area contributed by atoms with E-state index in [1.165, 1.54) is 250 Å². The van der Waals surface area contributed by atoms with Gasteiger partial charge in [0.05, 0.1) is 0 Å². The van der Waals surface area contributed by atoms with E-state index >= 15 is 0 Å². The van der Waals surface area contributed by atoms with E-state index in [-0.39, 0.29) is 0 Å². The van der Waals surface area contributed by atoms with Crippen LogP contribution in [0.15, 0.2) is 0 Å². The van der Waals surface area contributed by atoms with E-state index in [0.717, 1.165) is 25.7 Å². The van der Waals surface area contributed by atoms with Crippen molar-refractivity contribution < 1.29 is 19.8 Å². The van der Waals surface area contributed by atoms with E-state index in [4.69, 9.17) is 10.2 Å². The molecule has 0 unspecified atom stereocenters. The molecule has 0 aliphatic rings. The van der Waals surface area contributed by atoms with E-state index in [0.29, 0.717) is 12.8 Å². The van der Waals surface area contributed by atoms with E-state index in [1.807, 2.05) is 0 Å². The molecule has 0 saturated heterocycles. The Morgan fingerprint density at radius 2 is 0.255 bits per heavy atom. The molecule has 2 N–H and O–H groups in total. The molecule has 4 heteroatoms. The van der Waals surface area contributed by atoms with Gasteiger partial charge in [-0.2, -0.15) is 0 Å². The summed E-state index contributed by atoms with van der Waals surface area (Å²) in [7, 11) is 0. The first-order chi connectivity index (χ1) is 25.1. The Kier molecular flexibility index (Phi) is 44.2. The third-order valence-electron chi connectivity index (χ3n) is 11.3. The van der Waals surface area contributed by atoms with Gasteiger partial charge in [0.25, 0.3) is 0 Å². The van der Waals surface area contributed by atoms with Crippen molar-refractivity contribution in [2.75, 3.05) is 0 Å². The monoisotopic (exact) mass is 721 g/mol. The van der Waals surface area contributed by atoms with Gasteiger partial charge in [-0.25, -0.2) is 0 Å². The molecule has 304 valence electrons. The van der Waals surface area contributed by atoms with Crippen LogP contribution < -0.4 is 0 Å². The molecule has 0 radical (unpaired) electrons. The van der Waals surface area contributed by atoms with Crippen molar-refractivity contribution in [1.29, 1.82) is 0 Å². The van der Waals surface area contributed by atoms with Crippen molar-refractivity contribution in [3.05, 3.63) is 0 Å². The standard InChI is InChI=1S/C47H92O4/c48-46(49)44-42-40-38-36-34-32-30-28-26-24-22-20-18-16-14-12-10-8-6-4-2-1-3-5-7-9-11-13-15-17-19-21-23-25-27-29-31-33-35-37-39-41-43-45-47(50)51/h1-45H2,(H,48,49)(H,50,51). The zero-order valence-corrected chi connectivity index (χ0v) is 34.5. The summed E-state index contributed by atoms with van der Waals surface area (Å²) in [5, 5.41) is 17.3. The maximum absolute atomic E-state index is 10.5. The van der Waals surface area contributed by atoms with Crippen LogP contribution in [0.1, 0.15) is 289 Å². The zero-order chi connectivity index (χ0) is 37.0. The first-order valence-electron chi connectivity index (χ1n) is 23.6. The van der Waals surface area contributed by atoms with Gasteiger partial charge >= 0.3 is 11.9 Å². The number of carboxylic acid groups (broad SMARTS) is 2. The van der Waals surface area contributed by atoms with Crippen LogP contribution in [-0.4, -0.2) is 22.2 Å². The van der Waals surface area contributed by atoms with Gasteiger partial charge in [0, 0.05) is 12.8 Å². The van der Waals surface area contributed by atoms with Crippen LogP contribution in [0.5, 0.6) is 0 Å². The molecule has 0 rings (SSSR count). The summed E-state index contributed by atoms with van der Waals surface area (Å²) < 4.78 is 0. The fourth-order valence-electron chi connectivity index (χ4n) is 7.80. The Labute approximate surface area is 319 Å². The third-order valence-corrected chi connectivity index (χ3v) is 11.3. The Morgan fingerprint density at radius 3 is 0.333 bits per heavy atom. The van der Waals surface area contributed by atoms with Crippen LogP contribution in [0.25, 0.3) is 0 Å². The van der Waals surface area contributed by atoms with Crippen molar-refractivity contribution in [3.63, 3.8) is 0 Å². The van der Waals surface area contributed by atoms with Gasteiger partial charge in [-0.1, -0.05) is 263 Å². The van der Waals surface area contributed by atoms with Crippen LogP contribution in [-0.2, 0) is 9.59 Å². The van der Waals surface area contributed by atoms with Gasteiger partial charge in [0.15, 0.2) is 0 Å². The molecular formula is C47H92O4. The first-order valence-corrected chi connectivity index (χ1v) is 23.6. The SMILES string of the molecule is O=C(O)CCCCCCCCCCCCCCCCCCCCCCCCCCCCCCCCCCCCCCCCCCCCCC(=O)O. The van der Waals surface area contributed by atoms with Crippen molar-refractivity contribution in [2.24, 2.45) is 0 Å². The highest BCUT2D eigenvalue weighted by Gasteiger charge is 2.00. The van der Waals surface area contributed by atoms with E-state index in [9.17, 15) is 9.59 Å². The number of carboxylic acids is 2. The van der Waals surface area contributed by atoms with Crippen molar-refractivity contribution in [3.8, 4) is 0 Å². The molecule has 0 amide bonds. The van der Waals surface area contributed by atoms with Crippen LogP contribution in [0.2, 0.25) is 0 Å². The molecule has 0 fully saturated rings. The predicted octanol–water partition coefficient (Wildman–Crippen LogP) is 16.7. The number of carbonyl (C=O) groups is 2. The quantitative estimate of drug-likeness (QED) is 0.0614. The number of rotatable bonds is 46. The lowest BCUT2D eigenvalue weighted by molar-refractivity contribution is -0.138. The van der Waals surface area contributed by atoms with Gasteiger partial charge in [-0.15, -0.1) is 0 Å². The molecule has 0 aromatic heterocycles. The summed E-state index contributed by atoms with van der Waals surface area (Å²) >= 11 is 0. The average Bonchev–Trinajstić information content (AvgIpc) is 3.11. The molecule has 0 atom stereocenters. The smallest absolute Gasteiger partial charge is 0.303 e. The molecule has 0 aliphatic carbocycles.